The highest BCUT2D eigenvalue weighted by Crippen LogP contribution is 2.13. The summed E-state index contributed by atoms with van der Waals surface area (Å²) in [4.78, 5) is 22.7. The zero-order chi connectivity index (χ0) is 14.4. The number of hydrogen-bond acceptors (Lipinski definition) is 2. The maximum Gasteiger partial charge on any atom is 0.307 e. The van der Waals surface area contributed by atoms with Gasteiger partial charge in [0.1, 0.15) is 0 Å². The van der Waals surface area contributed by atoms with Crippen LogP contribution < -0.4 is 0 Å². The first-order valence-corrected chi connectivity index (χ1v) is 6.25. The predicted molar refractivity (Wildman–Crippen MR) is 77.6 cm³/mol. The molecule has 100 valence electrons. The number of benzene rings is 2. The predicted octanol–water partition coefficient (Wildman–Crippen LogP) is 3.41. The van der Waals surface area contributed by atoms with Crippen LogP contribution in [0.5, 0.6) is 0 Å². The van der Waals surface area contributed by atoms with Crippen molar-refractivity contribution in [3.8, 4) is 0 Å². The second-order valence-electron chi connectivity index (χ2n) is 4.32. The van der Waals surface area contributed by atoms with Gasteiger partial charge in [0.2, 0.25) is 0 Å². The van der Waals surface area contributed by atoms with Gasteiger partial charge in [0.15, 0.2) is 5.78 Å². The van der Waals surface area contributed by atoms with Crippen molar-refractivity contribution in [2.45, 2.75) is 6.42 Å². The summed E-state index contributed by atoms with van der Waals surface area (Å²) in [5.74, 6) is -0.920. The lowest BCUT2D eigenvalue weighted by molar-refractivity contribution is -0.135. The van der Waals surface area contributed by atoms with Gasteiger partial charge in [-0.05, 0) is 11.6 Å². The van der Waals surface area contributed by atoms with Crippen LogP contribution in [0.15, 0.2) is 60.7 Å². The summed E-state index contributed by atoms with van der Waals surface area (Å²) in [6, 6.07) is 16.2. The van der Waals surface area contributed by atoms with Crippen molar-refractivity contribution >= 4 is 17.8 Å². The van der Waals surface area contributed by atoms with E-state index in [1.807, 2.05) is 24.3 Å². The molecule has 0 aromatic heterocycles. The van der Waals surface area contributed by atoms with E-state index >= 15 is 0 Å². The highest BCUT2D eigenvalue weighted by molar-refractivity contribution is 6.09. The lowest BCUT2D eigenvalue weighted by Gasteiger charge is -2.02. The summed E-state index contributed by atoms with van der Waals surface area (Å²) in [7, 11) is 0. The maximum absolute atomic E-state index is 12.3. The first kappa shape index (κ1) is 13.7. The van der Waals surface area contributed by atoms with Gasteiger partial charge in [-0.15, -0.1) is 0 Å². The largest absolute Gasteiger partial charge is 0.481 e. The highest BCUT2D eigenvalue weighted by Gasteiger charge is 2.08. The third-order valence-electron chi connectivity index (χ3n) is 2.79. The lowest BCUT2D eigenvalue weighted by atomic mass is 10.0. The number of ketones is 1. The molecule has 0 spiro atoms. The first-order chi connectivity index (χ1) is 9.66. The van der Waals surface area contributed by atoms with E-state index in [1.165, 1.54) is 0 Å². The summed E-state index contributed by atoms with van der Waals surface area (Å²) < 4.78 is 0. The van der Waals surface area contributed by atoms with Crippen LogP contribution in [0.2, 0.25) is 0 Å². The van der Waals surface area contributed by atoms with Crippen molar-refractivity contribution in [1.82, 2.24) is 0 Å². The summed E-state index contributed by atoms with van der Waals surface area (Å²) in [6.45, 7) is 0. The molecule has 0 amide bonds. The Bertz CT molecular complexity index is 642. The molecular weight excluding hydrogens is 252 g/mol. The summed E-state index contributed by atoms with van der Waals surface area (Å²) in [6.07, 6.45) is 3.24. The normalized spacial score (nSPS) is 10.6. The van der Waals surface area contributed by atoms with Crippen molar-refractivity contribution in [2.24, 2.45) is 0 Å². The SMILES string of the molecule is O=C(O)C/C=C/c1cccc(C(=O)c2ccccc2)c1. The molecule has 0 saturated heterocycles. The van der Waals surface area contributed by atoms with Crippen LogP contribution in [0.3, 0.4) is 0 Å². The van der Waals surface area contributed by atoms with E-state index in [-0.39, 0.29) is 12.2 Å². The Morgan fingerprint density at radius 1 is 0.950 bits per heavy atom. The molecule has 0 bridgehead atoms. The molecule has 0 aliphatic carbocycles. The second-order valence-corrected chi connectivity index (χ2v) is 4.32. The van der Waals surface area contributed by atoms with Crippen molar-refractivity contribution < 1.29 is 14.7 Å². The minimum Gasteiger partial charge on any atom is -0.481 e. The Balaban J connectivity index is 2.20. The Hall–Kier alpha value is -2.68. The topological polar surface area (TPSA) is 54.4 Å². The van der Waals surface area contributed by atoms with Crippen molar-refractivity contribution in [2.75, 3.05) is 0 Å². The molecule has 0 heterocycles. The van der Waals surface area contributed by atoms with E-state index in [0.717, 1.165) is 5.56 Å². The monoisotopic (exact) mass is 266 g/mol. The molecule has 0 unspecified atom stereocenters. The summed E-state index contributed by atoms with van der Waals surface area (Å²) >= 11 is 0. The lowest BCUT2D eigenvalue weighted by Crippen LogP contribution is -2.00. The average molecular weight is 266 g/mol. The molecule has 3 heteroatoms. The van der Waals surface area contributed by atoms with Gasteiger partial charge in [-0.25, -0.2) is 0 Å². The zero-order valence-electron chi connectivity index (χ0n) is 10.8. The van der Waals surface area contributed by atoms with Crippen LogP contribution in [-0.4, -0.2) is 16.9 Å². The van der Waals surface area contributed by atoms with E-state index in [0.29, 0.717) is 11.1 Å². The minimum atomic E-state index is -0.877. The zero-order valence-corrected chi connectivity index (χ0v) is 10.8. The number of hydrogen-bond donors (Lipinski definition) is 1. The van der Waals surface area contributed by atoms with Gasteiger partial charge in [-0.2, -0.15) is 0 Å². The van der Waals surface area contributed by atoms with Crippen LogP contribution in [0.1, 0.15) is 27.9 Å². The summed E-state index contributed by atoms with van der Waals surface area (Å²) in [5, 5.41) is 8.58. The second kappa shape index (κ2) is 6.48. The fraction of sp³-hybridized carbons (Fsp3) is 0.0588. The van der Waals surface area contributed by atoms with Gasteiger partial charge in [-0.3, -0.25) is 9.59 Å². The number of carbonyl (C=O) groups excluding carboxylic acids is 1. The molecule has 0 atom stereocenters. The molecule has 2 aromatic carbocycles. The van der Waals surface area contributed by atoms with Crippen LogP contribution >= 0.6 is 0 Å². The Morgan fingerprint density at radius 2 is 1.65 bits per heavy atom. The van der Waals surface area contributed by atoms with E-state index in [9.17, 15) is 9.59 Å². The van der Waals surface area contributed by atoms with Crippen LogP contribution in [0.4, 0.5) is 0 Å². The number of carbonyl (C=O) groups is 2. The van der Waals surface area contributed by atoms with Crippen molar-refractivity contribution in [3.63, 3.8) is 0 Å². The van der Waals surface area contributed by atoms with Gasteiger partial charge in [0.25, 0.3) is 0 Å². The van der Waals surface area contributed by atoms with Gasteiger partial charge in [-0.1, -0.05) is 60.7 Å². The molecule has 0 fully saturated rings. The van der Waals surface area contributed by atoms with E-state index in [4.69, 9.17) is 5.11 Å². The Kier molecular flexibility index (Phi) is 4.45. The fourth-order valence-corrected chi connectivity index (χ4v) is 1.84. The molecule has 2 aromatic rings. The number of rotatable bonds is 5. The first-order valence-electron chi connectivity index (χ1n) is 6.25. The van der Waals surface area contributed by atoms with Gasteiger partial charge in [0.05, 0.1) is 6.42 Å². The van der Waals surface area contributed by atoms with Crippen molar-refractivity contribution in [3.05, 3.63) is 77.4 Å². The third-order valence-corrected chi connectivity index (χ3v) is 2.79. The molecule has 0 saturated carbocycles. The third kappa shape index (κ3) is 3.65. The minimum absolute atomic E-state index is 0.0309. The van der Waals surface area contributed by atoms with Crippen LogP contribution in [0.25, 0.3) is 6.08 Å². The van der Waals surface area contributed by atoms with E-state index < -0.39 is 5.97 Å². The van der Waals surface area contributed by atoms with Crippen molar-refractivity contribution in [1.29, 1.82) is 0 Å². The van der Waals surface area contributed by atoms with Gasteiger partial charge >= 0.3 is 5.97 Å². The standard InChI is InChI=1S/C17H14O3/c18-16(19)11-5-7-13-6-4-10-15(12-13)17(20)14-8-2-1-3-9-14/h1-10,12H,11H2,(H,18,19)/b7-5+. The number of carboxylic acid groups (broad SMARTS) is 1. The molecule has 20 heavy (non-hydrogen) atoms. The molecular formula is C17H14O3. The van der Waals surface area contributed by atoms with E-state index in [2.05, 4.69) is 0 Å². The molecule has 1 N–H and O–H groups in total. The summed E-state index contributed by atoms with van der Waals surface area (Å²) in [5.41, 5.74) is 2.04. The molecule has 0 aliphatic rings. The Morgan fingerprint density at radius 3 is 2.35 bits per heavy atom. The smallest absolute Gasteiger partial charge is 0.307 e. The fourth-order valence-electron chi connectivity index (χ4n) is 1.84. The van der Waals surface area contributed by atoms with Gasteiger partial charge < -0.3 is 5.11 Å². The van der Waals surface area contributed by atoms with E-state index in [1.54, 1.807) is 42.5 Å². The number of carboxylic acids is 1. The molecule has 3 nitrogen and oxygen atoms in total. The van der Waals surface area contributed by atoms with Crippen LogP contribution in [0, 0.1) is 0 Å². The van der Waals surface area contributed by atoms with Gasteiger partial charge in [0, 0.05) is 11.1 Å². The molecule has 0 radical (unpaired) electrons. The number of aliphatic carboxylic acids is 1. The quantitative estimate of drug-likeness (QED) is 0.844. The molecule has 2 rings (SSSR count). The maximum atomic E-state index is 12.3. The van der Waals surface area contributed by atoms with Crippen LogP contribution in [-0.2, 0) is 4.79 Å². The average Bonchev–Trinajstić information content (AvgIpc) is 2.47. The highest BCUT2D eigenvalue weighted by atomic mass is 16.4. The Labute approximate surface area is 117 Å². The molecule has 0 aliphatic heterocycles.